The quantitative estimate of drug-likeness (QED) is 0.771. The smallest absolute Gasteiger partial charge is 0.0735 e. The first kappa shape index (κ1) is 13.1. The Hall–Kier alpha value is -0.930. The molecule has 0 aliphatic rings. The Morgan fingerprint density at radius 1 is 1.50 bits per heavy atom. The number of rotatable bonds is 7. The topological polar surface area (TPSA) is 48.1 Å². The molecule has 1 atom stereocenters. The minimum absolute atomic E-state index is 0.476. The Kier molecular flexibility index (Phi) is 6.04. The van der Waals surface area contributed by atoms with Crippen LogP contribution in [-0.4, -0.2) is 11.6 Å². The van der Waals surface area contributed by atoms with E-state index in [-0.39, 0.29) is 0 Å². The molecular formula is C13H22N2O. The lowest BCUT2D eigenvalue weighted by Gasteiger charge is -2.12. The third kappa shape index (κ3) is 4.29. The molecule has 3 nitrogen and oxygen atoms in total. The summed E-state index contributed by atoms with van der Waals surface area (Å²) in [4.78, 5) is 4.23. The molecule has 0 aliphatic carbocycles. The highest BCUT2D eigenvalue weighted by atomic mass is 16.5. The van der Waals surface area contributed by atoms with Gasteiger partial charge in [0.05, 0.1) is 12.3 Å². The highest BCUT2D eigenvalue weighted by Gasteiger charge is 2.04. The van der Waals surface area contributed by atoms with Crippen LogP contribution in [0.15, 0.2) is 18.3 Å². The van der Waals surface area contributed by atoms with E-state index in [9.17, 15) is 0 Å². The molecule has 0 saturated heterocycles. The molecule has 1 unspecified atom stereocenters. The maximum atomic E-state index is 5.68. The molecule has 1 aromatic heterocycles. The van der Waals surface area contributed by atoms with Gasteiger partial charge in [-0.3, -0.25) is 4.98 Å². The molecule has 90 valence electrons. The third-order valence-corrected chi connectivity index (χ3v) is 2.62. The molecule has 0 saturated carbocycles. The SMILES string of the molecule is CCCC(C)COCc1cccnc1CN. The first-order chi connectivity index (χ1) is 7.77. The van der Waals surface area contributed by atoms with Crippen molar-refractivity contribution >= 4 is 0 Å². The molecule has 0 aliphatic heterocycles. The van der Waals surface area contributed by atoms with E-state index in [1.54, 1.807) is 6.20 Å². The summed E-state index contributed by atoms with van der Waals surface area (Å²) >= 11 is 0. The Morgan fingerprint density at radius 2 is 2.31 bits per heavy atom. The molecule has 1 rings (SSSR count). The maximum absolute atomic E-state index is 5.68. The summed E-state index contributed by atoms with van der Waals surface area (Å²) in [5.74, 6) is 0.628. The van der Waals surface area contributed by atoms with Gasteiger partial charge in [0.25, 0.3) is 0 Å². The third-order valence-electron chi connectivity index (χ3n) is 2.62. The highest BCUT2D eigenvalue weighted by Crippen LogP contribution is 2.09. The van der Waals surface area contributed by atoms with Crippen molar-refractivity contribution in [3.63, 3.8) is 0 Å². The van der Waals surface area contributed by atoms with Crippen molar-refractivity contribution in [2.75, 3.05) is 6.61 Å². The standard InChI is InChI=1S/C13H22N2O/c1-3-5-11(2)9-16-10-12-6-4-7-15-13(12)8-14/h4,6-7,11H,3,5,8-10,14H2,1-2H3. The van der Waals surface area contributed by atoms with Crippen molar-refractivity contribution in [3.05, 3.63) is 29.6 Å². The van der Waals surface area contributed by atoms with Crippen molar-refractivity contribution in [3.8, 4) is 0 Å². The summed E-state index contributed by atoms with van der Waals surface area (Å²) in [5.41, 5.74) is 7.65. The largest absolute Gasteiger partial charge is 0.376 e. The zero-order valence-corrected chi connectivity index (χ0v) is 10.3. The van der Waals surface area contributed by atoms with E-state index in [1.807, 2.05) is 12.1 Å². The number of nitrogens with zero attached hydrogens (tertiary/aromatic N) is 1. The van der Waals surface area contributed by atoms with Crippen molar-refractivity contribution in [1.29, 1.82) is 0 Å². The Balaban J connectivity index is 2.36. The van der Waals surface area contributed by atoms with Crippen LogP contribution in [-0.2, 0) is 17.9 Å². The number of pyridine rings is 1. The van der Waals surface area contributed by atoms with Gasteiger partial charge in [-0.25, -0.2) is 0 Å². The van der Waals surface area contributed by atoms with Gasteiger partial charge in [0.1, 0.15) is 0 Å². The van der Waals surface area contributed by atoms with E-state index >= 15 is 0 Å². The van der Waals surface area contributed by atoms with Crippen LogP contribution < -0.4 is 5.73 Å². The minimum atomic E-state index is 0.476. The molecule has 0 aromatic carbocycles. The Morgan fingerprint density at radius 3 is 3.00 bits per heavy atom. The predicted molar refractivity (Wildman–Crippen MR) is 65.9 cm³/mol. The molecule has 0 amide bonds. The summed E-state index contributed by atoms with van der Waals surface area (Å²) in [6, 6.07) is 3.95. The lowest BCUT2D eigenvalue weighted by molar-refractivity contribution is 0.0887. The number of nitrogens with two attached hydrogens (primary N) is 1. The molecule has 1 heterocycles. The lowest BCUT2D eigenvalue weighted by atomic mass is 10.1. The number of hydrogen-bond donors (Lipinski definition) is 1. The maximum Gasteiger partial charge on any atom is 0.0735 e. The second-order valence-electron chi connectivity index (χ2n) is 4.22. The van der Waals surface area contributed by atoms with Crippen molar-refractivity contribution in [1.82, 2.24) is 4.98 Å². The summed E-state index contributed by atoms with van der Waals surface area (Å²) < 4.78 is 5.68. The molecule has 0 spiro atoms. The Labute approximate surface area is 98.0 Å². The van der Waals surface area contributed by atoms with Crippen molar-refractivity contribution < 1.29 is 4.74 Å². The second-order valence-corrected chi connectivity index (χ2v) is 4.22. The van der Waals surface area contributed by atoms with Gasteiger partial charge in [-0.2, -0.15) is 0 Å². The van der Waals surface area contributed by atoms with Gasteiger partial charge in [0, 0.05) is 24.9 Å². The molecule has 16 heavy (non-hydrogen) atoms. The van der Waals surface area contributed by atoms with Gasteiger partial charge < -0.3 is 10.5 Å². The predicted octanol–water partition coefficient (Wildman–Crippen LogP) is 2.49. The van der Waals surface area contributed by atoms with Crippen LogP contribution in [0.4, 0.5) is 0 Å². The van der Waals surface area contributed by atoms with E-state index in [1.165, 1.54) is 12.8 Å². The summed E-state index contributed by atoms with van der Waals surface area (Å²) in [7, 11) is 0. The summed E-state index contributed by atoms with van der Waals surface area (Å²) in [5, 5.41) is 0. The fourth-order valence-corrected chi connectivity index (χ4v) is 1.73. The number of hydrogen-bond acceptors (Lipinski definition) is 3. The van der Waals surface area contributed by atoms with Crippen LogP contribution in [0.3, 0.4) is 0 Å². The number of ether oxygens (including phenoxy) is 1. The monoisotopic (exact) mass is 222 g/mol. The normalized spacial score (nSPS) is 12.7. The molecular weight excluding hydrogens is 200 g/mol. The van der Waals surface area contributed by atoms with E-state index in [2.05, 4.69) is 18.8 Å². The lowest BCUT2D eigenvalue weighted by Crippen LogP contribution is -2.09. The average Bonchev–Trinajstić information content (AvgIpc) is 2.30. The molecule has 1 aromatic rings. The second kappa shape index (κ2) is 7.36. The molecule has 0 fully saturated rings. The van der Waals surface area contributed by atoms with E-state index < -0.39 is 0 Å². The minimum Gasteiger partial charge on any atom is -0.376 e. The zero-order valence-electron chi connectivity index (χ0n) is 10.3. The fraction of sp³-hybridized carbons (Fsp3) is 0.615. The first-order valence-corrected chi connectivity index (χ1v) is 5.98. The van der Waals surface area contributed by atoms with Crippen LogP contribution in [0.25, 0.3) is 0 Å². The highest BCUT2D eigenvalue weighted by molar-refractivity contribution is 5.18. The van der Waals surface area contributed by atoms with Gasteiger partial charge in [0.15, 0.2) is 0 Å². The van der Waals surface area contributed by atoms with Crippen molar-refractivity contribution in [2.24, 2.45) is 11.7 Å². The van der Waals surface area contributed by atoms with Gasteiger partial charge >= 0.3 is 0 Å². The van der Waals surface area contributed by atoms with Crippen LogP contribution in [0.1, 0.15) is 37.9 Å². The number of aromatic nitrogens is 1. The van der Waals surface area contributed by atoms with Gasteiger partial charge in [-0.1, -0.05) is 26.3 Å². The van der Waals surface area contributed by atoms with Crippen LogP contribution in [0.2, 0.25) is 0 Å². The summed E-state index contributed by atoms with van der Waals surface area (Å²) in [6.45, 7) is 6.33. The zero-order chi connectivity index (χ0) is 11.8. The average molecular weight is 222 g/mol. The van der Waals surface area contributed by atoms with Gasteiger partial charge in [-0.15, -0.1) is 0 Å². The molecule has 0 bridgehead atoms. The fourth-order valence-electron chi connectivity index (χ4n) is 1.73. The first-order valence-electron chi connectivity index (χ1n) is 5.98. The van der Waals surface area contributed by atoms with Gasteiger partial charge in [-0.05, 0) is 18.4 Å². The molecule has 3 heteroatoms. The van der Waals surface area contributed by atoms with E-state index in [4.69, 9.17) is 10.5 Å². The van der Waals surface area contributed by atoms with E-state index in [0.717, 1.165) is 17.9 Å². The van der Waals surface area contributed by atoms with Crippen LogP contribution in [0, 0.1) is 5.92 Å². The molecule has 0 radical (unpaired) electrons. The van der Waals surface area contributed by atoms with Gasteiger partial charge in [0.2, 0.25) is 0 Å². The Bertz CT molecular complexity index is 302. The van der Waals surface area contributed by atoms with Crippen molar-refractivity contribution in [2.45, 2.75) is 39.8 Å². The molecule has 2 N–H and O–H groups in total. The van der Waals surface area contributed by atoms with Crippen LogP contribution in [0.5, 0.6) is 0 Å². The van der Waals surface area contributed by atoms with Crippen LogP contribution >= 0.6 is 0 Å². The summed E-state index contributed by atoms with van der Waals surface area (Å²) in [6.07, 6.45) is 4.20. The van der Waals surface area contributed by atoms with E-state index in [0.29, 0.717) is 19.1 Å².